The molecule has 1 fully saturated rings. The Kier molecular flexibility index (Phi) is 2.64. The Bertz CT molecular complexity index is 553. The van der Waals surface area contributed by atoms with Gasteiger partial charge in [-0.1, -0.05) is 35.3 Å². The second kappa shape index (κ2) is 3.78. The van der Waals surface area contributed by atoms with Gasteiger partial charge in [0.05, 0.1) is 11.3 Å². The molecule has 0 spiro atoms. The molecule has 3 atom stereocenters. The summed E-state index contributed by atoms with van der Waals surface area (Å²) < 4.78 is 3.79. The molecule has 0 amide bonds. The summed E-state index contributed by atoms with van der Waals surface area (Å²) in [5.74, 6) is -1.02. The number of carbonyl (C=O) groups is 1. The summed E-state index contributed by atoms with van der Waals surface area (Å²) in [6.07, 6.45) is -0.426. The molecule has 1 aromatic rings. The number of aryl methyl sites for hydroxylation is 1. The molecule has 1 aromatic carbocycles. The molecule has 1 saturated heterocycles. The van der Waals surface area contributed by atoms with Crippen LogP contribution in [0.1, 0.15) is 33.7 Å². The molecule has 0 aromatic heterocycles. The topological polar surface area (TPSA) is 26.3 Å². The summed E-state index contributed by atoms with van der Waals surface area (Å²) >= 11 is 18.6. The van der Waals surface area contributed by atoms with Crippen LogP contribution in [0.4, 0.5) is 0 Å². The van der Waals surface area contributed by atoms with E-state index in [2.05, 4.69) is 0 Å². The number of alkyl halides is 3. The summed E-state index contributed by atoms with van der Waals surface area (Å²) in [6.45, 7) is 4.01. The van der Waals surface area contributed by atoms with Crippen molar-refractivity contribution in [1.29, 1.82) is 0 Å². The highest BCUT2D eigenvalue weighted by Gasteiger charge is 2.63. The second-order valence-electron chi connectivity index (χ2n) is 4.89. The van der Waals surface area contributed by atoms with Gasteiger partial charge in [0.15, 0.2) is 0 Å². The van der Waals surface area contributed by atoms with Gasteiger partial charge in [-0.25, -0.2) is 4.79 Å². The molecule has 5 heteroatoms. The van der Waals surface area contributed by atoms with Crippen LogP contribution in [0.3, 0.4) is 0 Å². The number of rotatable bonds is 0. The maximum absolute atomic E-state index is 11.7. The van der Waals surface area contributed by atoms with Gasteiger partial charge in [-0.2, -0.15) is 0 Å². The van der Waals surface area contributed by atoms with E-state index in [-0.39, 0.29) is 0 Å². The highest BCUT2D eigenvalue weighted by Crippen LogP contribution is 2.61. The number of halogens is 3. The zero-order valence-corrected chi connectivity index (χ0v) is 12.1. The van der Waals surface area contributed by atoms with Crippen LogP contribution in [-0.2, 0) is 9.53 Å². The molecule has 2 aliphatic rings. The number of hydrogen-bond acceptors (Lipinski definition) is 2. The van der Waals surface area contributed by atoms with Crippen molar-refractivity contribution in [3.63, 3.8) is 0 Å². The van der Waals surface area contributed by atoms with Crippen LogP contribution in [0.25, 0.3) is 0 Å². The largest absolute Gasteiger partial charge is 0.455 e. The fraction of sp³-hybridized carbons (Fsp3) is 0.462. The van der Waals surface area contributed by atoms with Crippen molar-refractivity contribution >= 4 is 40.8 Å². The van der Waals surface area contributed by atoms with E-state index in [0.717, 1.165) is 22.3 Å². The minimum absolute atomic E-state index is 0.397. The van der Waals surface area contributed by atoms with Gasteiger partial charge in [0.25, 0.3) is 0 Å². The Labute approximate surface area is 120 Å². The first-order chi connectivity index (χ1) is 8.35. The standard InChI is InChI=1S/C13H11Cl3O2/c1-5-3-4-7-8(6(5)2)11-9(10(7)14)13(15,16)12(17)18-11/h3-4,9-11H,1-2H3/t9-,10+,11+/m1/s1. The van der Waals surface area contributed by atoms with Gasteiger partial charge in [-0.05, 0) is 30.5 Å². The second-order valence-corrected chi connectivity index (χ2v) is 6.74. The lowest BCUT2D eigenvalue weighted by Gasteiger charge is -2.18. The minimum atomic E-state index is -1.56. The summed E-state index contributed by atoms with van der Waals surface area (Å²) in [5, 5.41) is -0.397. The number of benzene rings is 1. The average Bonchev–Trinajstić information content (AvgIpc) is 2.69. The molecule has 18 heavy (non-hydrogen) atoms. The Morgan fingerprint density at radius 1 is 1.28 bits per heavy atom. The van der Waals surface area contributed by atoms with E-state index in [1.54, 1.807) is 0 Å². The molecular weight excluding hydrogens is 294 g/mol. The molecule has 1 aliphatic heterocycles. The zero-order valence-electron chi connectivity index (χ0n) is 9.84. The molecule has 0 unspecified atom stereocenters. The highest BCUT2D eigenvalue weighted by atomic mass is 35.5. The maximum Gasteiger partial charge on any atom is 0.343 e. The van der Waals surface area contributed by atoms with Gasteiger partial charge in [0, 0.05) is 5.56 Å². The van der Waals surface area contributed by atoms with Gasteiger partial charge in [-0.3, -0.25) is 0 Å². The molecule has 0 N–H and O–H groups in total. The lowest BCUT2D eigenvalue weighted by Crippen LogP contribution is -2.29. The average molecular weight is 306 g/mol. The predicted molar refractivity (Wildman–Crippen MR) is 71.3 cm³/mol. The Balaban J connectivity index is 2.21. The lowest BCUT2D eigenvalue weighted by atomic mass is 9.97. The number of hydrogen-bond donors (Lipinski definition) is 0. The van der Waals surface area contributed by atoms with Crippen molar-refractivity contribution in [3.05, 3.63) is 34.4 Å². The van der Waals surface area contributed by atoms with Crippen LogP contribution >= 0.6 is 34.8 Å². The predicted octanol–water partition coefficient (Wildman–Crippen LogP) is 3.98. The SMILES string of the molecule is Cc1ccc2c(c1C)[C@@H]1OC(=O)C(Cl)(Cl)[C@@H]1[C@H]2Cl. The van der Waals surface area contributed by atoms with Gasteiger partial charge in [0.1, 0.15) is 6.10 Å². The molecule has 0 saturated carbocycles. The first-order valence-corrected chi connectivity index (χ1v) is 6.88. The van der Waals surface area contributed by atoms with Crippen LogP contribution < -0.4 is 0 Å². The maximum atomic E-state index is 11.7. The van der Waals surface area contributed by atoms with E-state index in [4.69, 9.17) is 39.5 Å². The number of fused-ring (bicyclic) bond motifs is 3. The van der Waals surface area contributed by atoms with Crippen LogP contribution in [0.2, 0.25) is 0 Å². The van der Waals surface area contributed by atoms with E-state index in [1.165, 1.54) is 0 Å². The molecule has 0 bridgehead atoms. The highest BCUT2D eigenvalue weighted by molar-refractivity contribution is 6.58. The molecule has 3 rings (SSSR count). The van der Waals surface area contributed by atoms with Crippen LogP contribution in [0, 0.1) is 19.8 Å². The van der Waals surface area contributed by atoms with Gasteiger partial charge in [0.2, 0.25) is 4.33 Å². The molecule has 96 valence electrons. The van der Waals surface area contributed by atoms with Gasteiger partial charge >= 0.3 is 5.97 Å². The molecule has 1 heterocycles. The number of ether oxygens (including phenoxy) is 1. The summed E-state index contributed by atoms with van der Waals surface area (Å²) in [5.41, 5.74) is 4.16. The Morgan fingerprint density at radius 2 is 1.94 bits per heavy atom. The quantitative estimate of drug-likeness (QED) is 0.535. The van der Waals surface area contributed by atoms with Crippen molar-refractivity contribution in [3.8, 4) is 0 Å². The smallest absolute Gasteiger partial charge is 0.343 e. The summed E-state index contributed by atoms with van der Waals surface area (Å²) in [6, 6.07) is 3.97. The lowest BCUT2D eigenvalue weighted by molar-refractivity contribution is -0.142. The molecular formula is C13H11Cl3O2. The molecule has 1 aliphatic carbocycles. The first kappa shape index (κ1) is 12.6. The third-order valence-corrected chi connectivity index (χ3v) is 5.29. The van der Waals surface area contributed by atoms with Crippen molar-refractivity contribution < 1.29 is 9.53 Å². The minimum Gasteiger partial charge on any atom is -0.455 e. The Morgan fingerprint density at radius 3 is 2.61 bits per heavy atom. The first-order valence-electron chi connectivity index (χ1n) is 5.68. The zero-order chi connectivity index (χ0) is 13.2. The normalized spacial score (nSPS) is 32.1. The van der Waals surface area contributed by atoms with Crippen molar-refractivity contribution in [2.75, 3.05) is 0 Å². The fourth-order valence-corrected chi connectivity index (χ4v) is 4.05. The Hall–Kier alpha value is -0.440. The fourth-order valence-electron chi connectivity index (χ4n) is 2.84. The third kappa shape index (κ3) is 1.40. The van der Waals surface area contributed by atoms with Crippen LogP contribution in [0.5, 0.6) is 0 Å². The monoisotopic (exact) mass is 304 g/mol. The molecule has 2 nitrogen and oxygen atoms in total. The summed E-state index contributed by atoms with van der Waals surface area (Å²) in [4.78, 5) is 11.7. The van der Waals surface area contributed by atoms with Crippen molar-refractivity contribution in [1.82, 2.24) is 0 Å². The van der Waals surface area contributed by atoms with E-state index in [1.807, 2.05) is 26.0 Å². The van der Waals surface area contributed by atoms with Crippen LogP contribution in [0.15, 0.2) is 12.1 Å². The summed E-state index contributed by atoms with van der Waals surface area (Å²) in [7, 11) is 0. The van der Waals surface area contributed by atoms with E-state index in [0.29, 0.717) is 0 Å². The van der Waals surface area contributed by atoms with Gasteiger partial charge in [-0.15, -0.1) is 11.6 Å². The van der Waals surface area contributed by atoms with E-state index < -0.39 is 27.7 Å². The van der Waals surface area contributed by atoms with Crippen LogP contribution in [-0.4, -0.2) is 10.3 Å². The number of carbonyl (C=O) groups excluding carboxylic acids is 1. The van der Waals surface area contributed by atoms with Crippen molar-refractivity contribution in [2.24, 2.45) is 5.92 Å². The molecule has 0 radical (unpaired) electrons. The van der Waals surface area contributed by atoms with Crippen molar-refractivity contribution in [2.45, 2.75) is 29.7 Å². The number of esters is 1. The van der Waals surface area contributed by atoms with Gasteiger partial charge < -0.3 is 4.74 Å². The van der Waals surface area contributed by atoms with E-state index in [9.17, 15) is 4.79 Å². The van der Waals surface area contributed by atoms with E-state index >= 15 is 0 Å². The third-order valence-electron chi connectivity index (χ3n) is 3.97.